The van der Waals surface area contributed by atoms with Crippen molar-refractivity contribution < 1.29 is 9.13 Å². The van der Waals surface area contributed by atoms with E-state index >= 15 is 0 Å². The van der Waals surface area contributed by atoms with Crippen LogP contribution in [-0.2, 0) is 11.2 Å². The highest BCUT2D eigenvalue weighted by molar-refractivity contribution is 9.10. The van der Waals surface area contributed by atoms with Crippen molar-refractivity contribution in [2.24, 2.45) is 5.92 Å². The SMILES string of the molecule is CCCNC1CCOCC1Cc1cc(Br)ccc1F. The number of nitrogens with one attached hydrogen (secondary N) is 1. The molecule has 2 nitrogen and oxygen atoms in total. The molecule has 1 aliphatic rings. The first-order chi connectivity index (χ1) is 9.20. The predicted molar refractivity (Wildman–Crippen MR) is 78.8 cm³/mol. The van der Waals surface area contributed by atoms with Gasteiger partial charge in [0.2, 0.25) is 0 Å². The van der Waals surface area contributed by atoms with E-state index in [1.807, 2.05) is 6.07 Å². The Morgan fingerprint density at radius 2 is 2.32 bits per heavy atom. The minimum Gasteiger partial charge on any atom is -0.381 e. The Balaban J connectivity index is 2.04. The van der Waals surface area contributed by atoms with E-state index in [-0.39, 0.29) is 5.82 Å². The lowest BCUT2D eigenvalue weighted by atomic mass is 9.89. The molecule has 0 spiro atoms. The molecule has 106 valence electrons. The van der Waals surface area contributed by atoms with E-state index in [0.717, 1.165) is 42.5 Å². The van der Waals surface area contributed by atoms with Gasteiger partial charge in [0.05, 0.1) is 6.61 Å². The summed E-state index contributed by atoms with van der Waals surface area (Å²) in [5, 5.41) is 3.56. The number of rotatable bonds is 5. The van der Waals surface area contributed by atoms with Crippen LogP contribution >= 0.6 is 15.9 Å². The van der Waals surface area contributed by atoms with Crippen LogP contribution in [0, 0.1) is 11.7 Å². The molecule has 1 heterocycles. The molecule has 0 amide bonds. The largest absolute Gasteiger partial charge is 0.381 e. The molecular weight excluding hydrogens is 309 g/mol. The number of hydrogen-bond donors (Lipinski definition) is 1. The quantitative estimate of drug-likeness (QED) is 0.892. The van der Waals surface area contributed by atoms with Crippen LogP contribution in [0.4, 0.5) is 4.39 Å². The maximum absolute atomic E-state index is 13.8. The van der Waals surface area contributed by atoms with Crippen LogP contribution in [0.3, 0.4) is 0 Å². The van der Waals surface area contributed by atoms with Crippen LogP contribution in [0.2, 0.25) is 0 Å². The second kappa shape index (κ2) is 7.36. The van der Waals surface area contributed by atoms with Gasteiger partial charge in [-0.1, -0.05) is 22.9 Å². The van der Waals surface area contributed by atoms with Crippen molar-refractivity contribution in [2.45, 2.75) is 32.2 Å². The molecule has 2 rings (SSSR count). The van der Waals surface area contributed by atoms with E-state index in [0.29, 0.717) is 18.6 Å². The van der Waals surface area contributed by atoms with Gasteiger partial charge in [0, 0.05) is 23.0 Å². The van der Waals surface area contributed by atoms with E-state index < -0.39 is 0 Å². The van der Waals surface area contributed by atoms with Gasteiger partial charge in [0.15, 0.2) is 0 Å². The molecule has 2 unspecified atom stereocenters. The maximum Gasteiger partial charge on any atom is 0.126 e. The van der Waals surface area contributed by atoms with Gasteiger partial charge in [-0.3, -0.25) is 0 Å². The van der Waals surface area contributed by atoms with Crippen LogP contribution in [0.15, 0.2) is 22.7 Å². The first-order valence-corrected chi connectivity index (χ1v) is 7.75. The minimum atomic E-state index is -0.122. The van der Waals surface area contributed by atoms with Gasteiger partial charge in [0.25, 0.3) is 0 Å². The predicted octanol–water partition coefficient (Wildman–Crippen LogP) is 3.54. The summed E-state index contributed by atoms with van der Waals surface area (Å²) in [5.74, 6) is 0.229. The second-order valence-corrected chi connectivity index (χ2v) is 6.04. The van der Waals surface area contributed by atoms with Gasteiger partial charge in [-0.15, -0.1) is 0 Å². The number of hydrogen-bond acceptors (Lipinski definition) is 2. The Hall–Kier alpha value is -0.450. The molecule has 2 atom stereocenters. The Morgan fingerprint density at radius 3 is 3.11 bits per heavy atom. The summed E-state index contributed by atoms with van der Waals surface area (Å²) < 4.78 is 20.3. The van der Waals surface area contributed by atoms with Crippen LogP contribution in [0.25, 0.3) is 0 Å². The topological polar surface area (TPSA) is 21.3 Å². The van der Waals surface area contributed by atoms with Gasteiger partial charge in [-0.2, -0.15) is 0 Å². The van der Waals surface area contributed by atoms with E-state index in [1.54, 1.807) is 6.07 Å². The molecule has 0 radical (unpaired) electrons. The molecule has 4 heteroatoms. The molecule has 0 bridgehead atoms. The molecular formula is C15H21BrFNO. The fraction of sp³-hybridized carbons (Fsp3) is 0.600. The van der Waals surface area contributed by atoms with Crippen LogP contribution < -0.4 is 5.32 Å². The highest BCUT2D eigenvalue weighted by Crippen LogP contribution is 2.23. The monoisotopic (exact) mass is 329 g/mol. The van der Waals surface area contributed by atoms with Crippen molar-refractivity contribution in [2.75, 3.05) is 19.8 Å². The van der Waals surface area contributed by atoms with E-state index in [9.17, 15) is 4.39 Å². The molecule has 1 aromatic rings. The summed E-state index contributed by atoms with van der Waals surface area (Å²) in [4.78, 5) is 0. The zero-order valence-electron chi connectivity index (χ0n) is 11.3. The first-order valence-electron chi connectivity index (χ1n) is 6.95. The normalized spacial score (nSPS) is 23.5. The van der Waals surface area contributed by atoms with Gasteiger partial charge in [-0.25, -0.2) is 4.39 Å². The van der Waals surface area contributed by atoms with Crippen LogP contribution in [-0.4, -0.2) is 25.8 Å². The molecule has 1 fully saturated rings. The zero-order valence-corrected chi connectivity index (χ0v) is 12.9. The summed E-state index contributed by atoms with van der Waals surface area (Å²) in [7, 11) is 0. The van der Waals surface area contributed by atoms with Crippen molar-refractivity contribution >= 4 is 15.9 Å². The Bertz CT molecular complexity index is 413. The van der Waals surface area contributed by atoms with Crippen LogP contribution in [0.1, 0.15) is 25.3 Å². The molecule has 1 N–H and O–H groups in total. The number of ether oxygens (including phenoxy) is 1. The average Bonchev–Trinajstić information content (AvgIpc) is 2.42. The molecule has 0 aliphatic carbocycles. The third kappa shape index (κ3) is 4.26. The second-order valence-electron chi connectivity index (χ2n) is 5.12. The maximum atomic E-state index is 13.8. The lowest BCUT2D eigenvalue weighted by Crippen LogP contribution is -2.44. The number of benzene rings is 1. The van der Waals surface area contributed by atoms with E-state index in [4.69, 9.17) is 4.74 Å². The summed E-state index contributed by atoms with van der Waals surface area (Å²) >= 11 is 3.40. The fourth-order valence-electron chi connectivity index (χ4n) is 2.58. The standard InChI is InChI=1S/C15H21BrFNO/c1-2-6-18-15-5-7-19-10-12(15)8-11-9-13(16)3-4-14(11)17/h3-4,9,12,15,18H,2,5-8,10H2,1H3. The zero-order chi connectivity index (χ0) is 13.7. The summed E-state index contributed by atoms with van der Waals surface area (Å²) in [6.45, 7) is 4.70. The van der Waals surface area contributed by atoms with Gasteiger partial charge in [-0.05, 0) is 49.6 Å². The molecule has 1 saturated heterocycles. The summed E-state index contributed by atoms with van der Waals surface area (Å²) in [6.07, 6.45) is 2.86. The first kappa shape index (κ1) is 14.9. The third-order valence-corrected chi connectivity index (χ3v) is 4.11. The smallest absolute Gasteiger partial charge is 0.126 e. The molecule has 19 heavy (non-hydrogen) atoms. The summed E-state index contributed by atoms with van der Waals surface area (Å²) in [6, 6.07) is 5.58. The summed E-state index contributed by atoms with van der Waals surface area (Å²) in [5.41, 5.74) is 0.771. The Kier molecular flexibility index (Phi) is 5.79. The fourth-order valence-corrected chi connectivity index (χ4v) is 2.99. The van der Waals surface area contributed by atoms with Crippen molar-refractivity contribution in [3.05, 3.63) is 34.1 Å². The highest BCUT2D eigenvalue weighted by Gasteiger charge is 2.26. The third-order valence-electron chi connectivity index (χ3n) is 3.62. The Labute approximate surface area is 122 Å². The molecule has 0 saturated carbocycles. The van der Waals surface area contributed by atoms with E-state index in [2.05, 4.69) is 28.2 Å². The Morgan fingerprint density at radius 1 is 1.47 bits per heavy atom. The molecule has 1 aromatic carbocycles. The molecule has 1 aliphatic heterocycles. The highest BCUT2D eigenvalue weighted by atomic mass is 79.9. The van der Waals surface area contributed by atoms with E-state index in [1.165, 1.54) is 6.07 Å². The van der Waals surface area contributed by atoms with Gasteiger partial charge < -0.3 is 10.1 Å². The molecule has 0 aromatic heterocycles. The van der Waals surface area contributed by atoms with Crippen molar-refractivity contribution in [3.8, 4) is 0 Å². The lowest BCUT2D eigenvalue weighted by Gasteiger charge is -2.32. The van der Waals surface area contributed by atoms with Crippen molar-refractivity contribution in [1.82, 2.24) is 5.32 Å². The average molecular weight is 330 g/mol. The van der Waals surface area contributed by atoms with Crippen LogP contribution in [0.5, 0.6) is 0 Å². The lowest BCUT2D eigenvalue weighted by molar-refractivity contribution is 0.0320. The minimum absolute atomic E-state index is 0.122. The van der Waals surface area contributed by atoms with Crippen molar-refractivity contribution in [1.29, 1.82) is 0 Å². The van der Waals surface area contributed by atoms with Crippen molar-refractivity contribution in [3.63, 3.8) is 0 Å². The van der Waals surface area contributed by atoms with Gasteiger partial charge in [0.1, 0.15) is 5.82 Å². The van der Waals surface area contributed by atoms with Gasteiger partial charge >= 0.3 is 0 Å². The number of halogens is 2.